The van der Waals surface area contributed by atoms with E-state index in [4.69, 9.17) is 14.6 Å². The summed E-state index contributed by atoms with van der Waals surface area (Å²) in [5.74, 6) is -1.06. The minimum Gasteiger partial charge on any atom is -0.493 e. The van der Waals surface area contributed by atoms with E-state index < -0.39 is 22.1 Å². The highest BCUT2D eigenvalue weighted by Crippen LogP contribution is 2.35. The van der Waals surface area contributed by atoms with Gasteiger partial charge in [-0.05, 0) is 11.8 Å². The summed E-state index contributed by atoms with van der Waals surface area (Å²) in [5.41, 5.74) is -0.894. The van der Waals surface area contributed by atoms with Gasteiger partial charge in [-0.3, -0.25) is 10.1 Å². The number of aromatic carboxylic acids is 1. The smallest absolute Gasteiger partial charge is 0.342 e. The summed E-state index contributed by atoms with van der Waals surface area (Å²) in [6, 6.07) is 2.19. The van der Waals surface area contributed by atoms with Gasteiger partial charge in [0.2, 0.25) is 0 Å². The number of hydrogen-bond acceptors (Lipinski definition) is 5. The molecule has 0 heterocycles. The van der Waals surface area contributed by atoms with Crippen LogP contribution in [-0.2, 0) is 0 Å². The van der Waals surface area contributed by atoms with Gasteiger partial charge in [-0.25, -0.2) is 4.79 Å². The predicted octanol–water partition coefficient (Wildman–Crippen LogP) is 3.12. The minimum atomic E-state index is -1.39. The van der Waals surface area contributed by atoms with Crippen LogP contribution in [0.3, 0.4) is 0 Å². The molecule has 0 aromatic heterocycles. The van der Waals surface area contributed by atoms with Crippen LogP contribution < -0.4 is 9.47 Å². The number of carbonyl (C=O) groups is 1. The molecule has 0 saturated heterocycles. The second kappa shape index (κ2) is 6.43. The molecule has 0 spiro atoms. The standard InChI is InChI=1S/C14H19NO6/c1-14(2,3)5-6-21-12-8-10(15(18)19)9(13(16)17)7-11(12)20-4/h7-8H,5-6H2,1-4H3,(H,16,17). The number of methoxy groups -OCH3 is 1. The van der Waals surface area contributed by atoms with Crippen molar-refractivity contribution < 1.29 is 24.3 Å². The zero-order valence-electron chi connectivity index (χ0n) is 12.5. The van der Waals surface area contributed by atoms with E-state index in [0.717, 1.165) is 18.6 Å². The zero-order valence-corrected chi connectivity index (χ0v) is 12.5. The lowest BCUT2D eigenvalue weighted by atomic mass is 9.93. The number of carboxylic acid groups (broad SMARTS) is 1. The van der Waals surface area contributed by atoms with Crippen LogP contribution in [0.4, 0.5) is 5.69 Å². The molecule has 0 saturated carbocycles. The number of benzene rings is 1. The van der Waals surface area contributed by atoms with Crippen LogP contribution in [-0.4, -0.2) is 29.7 Å². The first-order valence-electron chi connectivity index (χ1n) is 6.38. The normalized spacial score (nSPS) is 11.0. The maximum absolute atomic E-state index is 11.1. The van der Waals surface area contributed by atoms with Crippen LogP contribution in [0.5, 0.6) is 11.5 Å². The largest absolute Gasteiger partial charge is 0.493 e. The Bertz CT molecular complexity index is 547. The molecule has 0 amide bonds. The molecule has 1 aromatic carbocycles. The second-order valence-corrected chi connectivity index (χ2v) is 5.74. The van der Waals surface area contributed by atoms with E-state index >= 15 is 0 Å². The monoisotopic (exact) mass is 297 g/mol. The number of rotatable bonds is 6. The SMILES string of the molecule is COc1cc(C(=O)O)c([N+](=O)[O-])cc1OCCC(C)(C)C. The Morgan fingerprint density at radius 1 is 1.33 bits per heavy atom. The molecule has 7 nitrogen and oxygen atoms in total. The summed E-state index contributed by atoms with van der Waals surface area (Å²) < 4.78 is 10.5. The third-order valence-electron chi connectivity index (χ3n) is 2.82. The highest BCUT2D eigenvalue weighted by Gasteiger charge is 2.24. The van der Waals surface area contributed by atoms with Crippen LogP contribution in [0.1, 0.15) is 37.6 Å². The molecule has 0 bridgehead atoms. The molecule has 0 fully saturated rings. The van der Waals surface area contributed by atoms with Crippen LogP contribution in [0.25, 0.3) is 0 Å². The van der Waals surface area contributed by atoms with Gasteiger partial charge in [-0.15, -0.1) is 0 Å². The van der Waals surface area contributed by atoms with E-state index in [9.17, 15) is 14.9 Å². The summed E-state index contributed by atoms with van der Waals surface area (Å²) in [6.07, 6.45) is 0.741. The Kier molecular flexibility index (Phi) is 5.12. The number of ether oxygens (including phenoxy) is 2. The number of hydrogen-bond donors (Lipinski definition) is 1. The molecule has 1 N–H and O–H groups in total. The van der Waals surface area contributed by atoms with Crippen molar-refractivity contribution in [2.24, 2.45) is 5.41 Å². The molecule has 0 radical (unpaired) electrons. The summed E-state index contributed by atoms with van der Waals surface area (Å²) in [6.45, 7) is 6.49. The number of nitro benzene ring substituents is 1. The van der Waals surface area contributed by atoms with Gasteiger partial charge in [0.15, 0.2) is 11.5 Å². The Hall–Kier alpha value is -2.31. The van der Waals surface area contributed by atoms with E-state index in [0.29, 0.717) is 6.61 Å². The average molecular weight is 297 g/mol. The van der Waals surface area contributed by atoms with E-state index in [1.807, 2.05) is 20.8 Å². The van der Waals surface area contributed by atoms with Crippen molar-refractivity contribution in [3.05, 3.63) is 27.8 Å². The average Bonchev–Trinajstić information content (AvgIpc) is 2.36. The molecule has 1 aromatic rings. The van der Waals surface area contributed by atoms with Crippen molar-refractivity contribution in [2.45, 2.75) is 27.2 Å². The Labute approximate surface area is 122 Å². The van der Waals surface area contributed by atoms with E-state index in [1.54, 1.807) is 0 Å². The molecule has 0 unspecified atom stereocenters. The molecule has 0 atom stereocenters. The first-order valence-corrected chi connectivity index (χ1v) is 6.38. The predicted molar refractivity (Wildman–Crippen MR) is 76.2 cm³/mol. The molecule has 21 heavy (non-hydrogen) atoms. The highest BCUT2D eigenvalue weighted by atomic mass is 16.6. The van der Waals surface area contributed by atoms with Gasteiger partial charge in [-0.2, -0.15) is 0 Å². The summed E-state index contributed by atoms with van der Waals surface area (Å²) >= 11 is 0. The van der Waals surface area contributed by atoms with Crippen molar-refractivity contribution in [1.82, 2.24) is 0 Å². The third kappa shape index (κ3) is 4.62. The minimum absolute atomic E-state index is 0.0557. The molecular weight excluding hydrogens is 278 g/mol. The van der Waals surface area contributed by atoms with Gasteiger partial charge < -0.3 is 14.6 Å². The molecule has 0 aliphatic carbocycles. The van der Waals surface area contributed by atoms with Crippen LogP contribution >= 0.6 is 0 Å². The number of nitro groups is 1. The first kappa shape index (κ1) is 16.7. The van der Waals surface area contributed by atoms with Crippen molar-refractivity contribution in [3.8, 4) is 11.5 Å². The van der Waals surface area contributed by atoms with Gasteiger partial charge in [-0.1, -0.05) is 20.8 Å². The maximum atomic E-state index is 11.1. The van der Waals surface area contributed by atoms with Gasteiger partial charge in [0.25, 0.3) is 5.69 Å². The van der Waals surface area contributed by atoms with Gasteiger partial charge in [0.1, 0.15) is 5.56 Å². The zero-order chi connectivity index (χ0) is 16.2. The van der Waals surface area contributed by atoms with Gasteiger partial charge in [0, 0.05) is 6.07 Å². The van der Waals surface area contributed by atoms with Crippen LogP contribution in [0.15, 0.2) is 12.1 Å². The quantitative estimate of drug-likeness (QED) is 0.639. The Morgan fingerprint density at radius 3 is 2.38 bits per heavy atom. The van der Waals surface area contributed by atoms with E-state index in [-0.39, 0.29) is 16.9 Å². The first-order chi connectivity index (χ1) is 9.65. The van der Waals surface area contributed by atoms with Gasteiger partial charge >= 0.3 is 5.97 Å². The van der Waals surface area contributed by atoms with E-state index in [2.05, 4.69) is 0 Å². The number of carboxylic acids is 1. The fraction of sp³-hybridized carbons (Fsp3) is 0.500. The lowest BCUT2D eigenvalue weighted by Gasteiger charge is -2.19. The van der Waals surface area contributed by atoms with Crippen molar-refractivity contribution >= 4 is 11.7 Å². The fourth-order valence-electron chi connectivity index (χ4n) is 1.61. The summed E-state index contributed by atoms with van der Waals surface area (Å²) in [4.78, 5) is 21.3. The van der Waals surface area contributed by atoms with Crippen molar-refractivity contribution in [2.75, 3.05) is 13.7 Å². The van der Waals surface area contributed by atoms with Crippen molar-refractivity contribution in [3.63, 3.8) is 0 Å². The fourth-order valence-corrected chi connectivity index (χ4v) is 1.61. The molecule has 0 aliphatic heterocycles. The van der Waals surface area contributed by atoms with E-state index in [1.165, 1.54) is 7.11 Å². The lowest BCUT2D eigenvalue weighted by molar-refractivity contribution is -0.385. The van der Waals surface area contributed by atoms with Crippen LogP contribution in [0, 0.1) is 15.5 Å². The summed E-state index contributed by atoms with van der Waals surface area (Å²) in [5, 5.41) is 20.0. The number of nitrogens with zero attached hydrogens (tertiary/aromatic N) is 1. The summed E-state index contributed by atoms with van der Waals surface area (Å²) in [7, 11) is 1.35. The van der Waals surface area contributed by atoms with Crippen LogP contribution in [0.2, 0.25) is 0 Å². The third-order valence-corrected chi connectivity index (χ3v) is 2.82. The second-order valence-electron chi connectivity index (χ2n) is 5.74. The molecule has 0 aliphatic rings. The Balaban J connectivity index is 3.11. The van der Waals surface area contributed by atoms with Gasteiger partial charge in [0.05, 0.1) is 24.7 Å². The Morgan fingerprint density at radius 2 is 1.95 bits per heavy atom. The molecule has 7 heteroatoms. The molecule has 116 valence electrons. The van der Waals surface area contributed by atoms with Crippen molar-refractivity contribution in [1.29, 1.82) is 0 Å². The molecule has 1 rings (SSSR count). The topological polar surface area (TPSA) is 98.9 Å². The lowest BCUT2D eigenvalue weighted by Crippen LogP contribution is -2.12. The maximum Gasteiger partial charge on any atom is 0.342 e. The molecular formula is C14H19NO6. The highest BCUT2D eigenvalue weighted by molar-refractivity contribution is 5.93.